The van der Waals surface area contributed by atoms with Gasteiger partial charge in [-0.2, -0.15) is 0 Å². The first-order valence-corrected chi connectivity index (χ1v) is 18.3. The van der Waals surface area contributed by atoms with Gasteiger partial charge in [-0.15, -0.1) is 0 Å². The van der Waals surface area contributed by atoms with Crippen molar-refractivity contribution in [2.24, 2.45) is 0 Å². The predicted octanol–water partition coefficient (Wildman–Crippen LogP) is 13.2. The maximum absolute atomic E-state index is 3.58. The summed E-state index contributed by atoms with van der Waals surface area (Å²) in [6.07, 6.45) is 0. The lowest BCUT2D eigenvalue weighted by Crippen LogP contribution is -2.26. The van der Waals surface area contributed by atoms with Crippen LogP contribution in [-0.2, 0) is 5.41 Å². The van der Waals surface area contributed by atoms with Crippen molar-refractivity contribution in [1.82, 2.24) is 4.57 Å². The van der Waals surface area contributed by atoms with E-state index >= 15 is 0 Å². The molecular formula is C49H30BrN. The lowest BCUT2D eigenvalue weighted by Gasteiger charge is -2.30. The van der Waals surface area contributed by atoms with E-state index in [4.69, 9.17) is 0 Å². The molecule has 2 aliphatic carbocycles. The number of aromatic nitrogens is 1. The first-order valence-electron chi connectivity index (χ1n) is 17.5. The number of benzene rings is 8. The highest BCUT2D eigenvalue weighted by atomic mass is 79.9. The minimum absolute atomic E-state index is 0.374. The van der Waals surface area contributed by atoms with Crippen LogP contribution in [0.15, 0.2) is 186 Å². The molecule has 0 radical (unpaired) electrons. The summed E-state index contributed by atoms with van der Waals surface area (Å²) < 4.78 is 3.56. The maximum atomic E-state index is 3.58. The third kappa shape index (κ3) is 3.97. The van der Waals surface area contributed by atoms with Crippen LogP contribution in [0.1, 0.15) is 22.3 Å². The molecule has 1 nitrogen and oxygen atoms in total. The Morgan fingerprint density at radius 2 is 0.882 bits per heavy atom. The van der Waals surface area contributed by atoms with Gasteiger partial charge in [-0.05, 0) is 115 Å². The Hall–Kier alpha value is -5.96. The Morgan fingerprint density at radius 1 is 0.353 bits per heavy atom. The summed E-state index contributed by atoms with van der Waals surface area (Å²) in [6, 6.07) is 67.5. The first kappa shape index (κ1) is 28.8. The van der Waals surface area contributed by atoms with Crippen molar-refractivity contribution in [2.45, 2.75) is 5.41 Å². The Labute approximate surface area is 305 Å². The van der Waals surface area contributed by atoms with Gasteiger partial charge in [0.05, 0.1) is 16.4 Å². The lowest BCUT2D eigenvalue weighted by atomic mass is 9.70. The van der Waals surface area contributed by atoms with Crippen molar-refractivity contribution in [2.75, 3.05) is 0 Å². The molecule has 1 spiro atoms. The van der Waals surface area contributed by atoms with Crippen LogP contribution in [0.25, 0.3) is 72.0 Å². The number of nitrogens with zero attached hydrogens (tertiary/aromatic N) is 1. The second-order valence-electron chi connectivity index (χ2n) is 13.8. The Bertz CT molecular complexity index is 2810. The summed E-state index contributed by atoms with van der Waals surface area (Å²) in [5.74, 6) is 0. The number of halogens is 1. The average Bonchev–Trinajstić information content (AvgIpc) is 3.79. The molecule has 0 atom stereocenters. The molecule has 0 bridgehead atoms. The molecular weight excluding hydrogens is 682 g/mol. The second-order valence-corrected chi connectivity index (χ2v) is 14.7. The normalized spacial score (nSPS) is 13.4. The van der Waals surface area contributed by atoms with E-state index in [9.17, 15) is 0 Å². The van der Waals surface area contributed by atoms with Gasteiger partial charge < -0.3 is 4.57 Å². The highest BCUT2D eigenvalue weighted by Crippen LogP contribution is 2.63. The molecule has 11 rings (SSSR count). The molecule has 0 unspecified atom stereocenters. The van der Waals surface area contributed by atoms with Gasteiger partial charge in [0.15, 0.2) is 0 Å². The molecule has 0 aliphatic heterocycles. The van der Waals surface area contributed by atoms with Gasteiger partial charge in [-0.1, -0.05) is 149 Å². The summed E-state index contributed by atoms with van der Waals surface area (Å²) in [5, 5.41) is 2.51. The standard InChI is InChI=1S/C49H30BrN/c50-35-23-20-31(21-24-35)32-10-9-11-33(28-32)34-22-27-48-42(29-34)41-15-4-8-19-47(41)51(48)36-25-26-40-39-14-3-7-18-45(39)49(46(40)30-36)43-16-5-1-12-37(43)38-13-2-6-17-44(38)49/h1-30H. The third-order valence-electron chi connectivity index (χ3n) is 11.3. The van der Waals surface area contributed by atoms with Crippen LogP contribution in [0, 0.1) is 0 Å². The SMILES string of the molecule is Brc1ccc(-c2cccc(-c3ccc4c(c3)c3ccccc3n4-c3ccc4c(c3)C3(c5ccccc5-c5ccccc53)c3ccccc3-4)c2)cc1. The van der Waals surface area contributed by atoms with Gasteiger partial charge in [0.25, 0.3) is 0 Å². The highest BCUT2D eigenvalue weighted by molar-refractivity contribution is 9.10. The van der Waals surface area contributed by atoms with E-state index in [1.54, 1.807) is 0 Å². The van der Waals surface area contributed by atoms with Gasteiger partial charge in [-0.3, -0.25) is 0 Å². The number of fused-ring (bicyclic) bond motifs is 13. The van der Waals surface area contributed by atoms with Crippen LogP contribution in [0.5, 0.6) is 0 Å². The van der Waals surface area contributed by atoms with E-state index in [0.29, 0.717) is 0 Å². The zero-order valence-corrected chi connectivity index (χ0v) is 29.2. The second kappa shape index (κ2) is 10.8. The van der Waals surface area contributed by atoms with Crippen molar-refractivity contribution >= 4 is 37.7 Å². The molecule has 0 saturated carbocycles. The summed E-state index contributed by atoms with van der Waals surface area (Å²) in [5.41, 5.74) is 18.8. The summed E-state index contributed by atoms with van der Waals surface area (Å²) in [7, 11) is 0. The smallest absolute Gasteiger partial charge is 0.0726 e. The van der Waals surface area contributed by atoms with Gasteiger partial charge in [0, 0.05) is 20.9 Å². The minimum atomic E-state index is -0.374. The van der Waals surface area contributed by atoms with Gasteiger partial charge in [0.1, 0.15) is 0 Å². The lowest BCUT2D eigenvalue weighted by molar-refractivity contribution is 0.792. The topological polar surface area (TPSA) is 4.93 Å². The number of para-hydroxylation sites is 1. The fourth-order valence-electron chi connectivity index (χ4n) is 9.17. The number of hydrogen-bond donors (Lipinski definition) is 0. The molecule has 9 aromatic rings. The largest absolute Gasteiger partial charge is 0.309 e. The van der Waals surface area contributed by atoms with Crippen LogP contribution in [-0.4, -0.2) is 4.57 Å². The molecule has 238 valence electrons. The van der Waals surface area contributed by atoms with E-state index < -0.39 is 0 Å². The van der Waals surface area contributed by atoms with Crippen molar-refractivity contribution in [1.29, 1.82) is 0 Å². The first-order chi connectivity index (χ1) is 25.2. The number of hydrogen-bond acceptors (Lipinski definition) is 0. The minimum Gasteiger partial charge on any atom is -0.309 e. The zero-order valence-electron chi connectivity index (χ0n) is 27.6. The fraction of sp³-hybridized carbons (Fsp3) is 0.0204. The molecule has 0 amide bonds. The predicted molar refractivity (Wildman–Crippen MR) is 216 cm³/mol. The van der Waals surface area contributed by atoms with Crippen LogP contribution in [0.3, 0.4) is 0 Å². The highest BCUT2D eigenvalue weighted by Gasteiger charge is 2.51. The van der Waals surface area contributed by atoms with Gasteiger partial charge >= 0.3 is 0 Å². The van der Waals surface area contributed by atoms with E-state index in [-0.39, 0.29) is 5.41 Å². The molecule has 51 heavy (non-hydrogen) atoms. The molecule has 0 fully saturated rings. The van der Waals surface area contributed by atoms with E-state index in [1.165, 1.54) is 94.3 Å². The van der Waals surface area contributed by atoms with E-state index in [1.807, 2.05) is 0 Å². The fourth-order valence-corrected chi connectivity index (χ4v) is 9.44. The van der Waals surface area contributed by atoms with Crippen LogP contribution in [0.4, 0.5) is 0 Å². The monoisotopic (exact) mass is 711 g/mol. The van der Waals surface area contributed by atoms with Gasteiger partial charge in [-0.25, -0.2) is 0 Å². The van der Waals surface area contributed by atoms with E-state index in [2.05, 4.69) is 202 Å². The summed E-state index contributed by atoms with van der Waals surface area (Å²) in [6.45, 7) is 0. The Morgan fingerprint density at radius 3 is 1.57 bits per heavy atom. The quantitative estimate of drug-likeness (QED) is 0.172. The maximum Gasteiger partial charge on any atom is 0.0726 e. The molecule has 1 heterocycles. The summed E-state index contributed by atoms with van der Waals surface area (Å²) in [4.78, 5) is 0. The van der Waals surface area contributed by atoms with Crippen LogP contribution >= 0.6 is 15.9 Å². The molecule has 0 saturated heterocycles. The van der Waals surface area contributed by atoms with Crippen molar-refractivity contribution in [3.8, 4) is 50.2 Å². The molecule has 0 N–H and O–H groups in total. The Kier molecular flexibility index (Phi) is 6.09. The number of rotatable bonds is 3. The molecule has 2 heteroatoms. The Balaban J connectivity index is 1.13. The molecule has 8 aromatic carbocycles. The molecule has 1 aromatic heterocycles. The molecule has 2 aliphatic rings. The average molecular weight is 713 g/mol. The van der Waals surface area contributed by atoms with Crippen molar-refractivity contribution < 1.29 is 0 Å². The third-order valence-corrected chi connectivity index (χ3v) is 11.8. The van der Waals surface area contributed by atoms with Crippen LogP contribution < -0.4 is 0 Å². The van der Waals surface area contributed by atoms with Crippen molar-refractivity contribution in [3.63, 3.8) is 0 Å². The summed E-state index contributed by atoms with van der Waals surface area (Å²) >= 11 is 3.58. The van der Waals surface area contributed by atoms with Crippen molar-refractivity contribution in [3.05, 3.63) is 209 Å². The van der Waals surface area contributed by atoms with Gasteiger partial charge in [0.2, 0.25) is 0 Å². The zero-order chi connectivity index (χ0) is 33.7. The van der Waals surface area contributed by atoms with E-state index in [0.717, 1.165) is 4.47 Å². The van der Waals surface area contributed by atoms with Crippen LogP contribution in [0.2, 0.25) is 0 Å².